The van der Waals surface area contributed by atoms with E-state index in [0.717, 1.165) is 29.3 Å². The molecule has 0 radical (unpaired) electrons. The summed E-state index contributed by atoms with van der Waals surface area (Å²) in [5, 5.41) is 32.1. The number of amidine groups is 1. The molecule has 16 nitrogen and oxygen atoms in total. The lowest BCUT2D eigenvalue weighted by molar-refractivity contribution is -0.766. The normalized spacial score (nSPS) is 19.0. The van der Waals surface area contributed by atoms with Gasteiger partial charge in [0, 0.05) is 41.8 Å². The molecule has 49 heavy (non-hydrogen) atoms. The third kappa shape index (κ3) is 6.48. The van der Waals surface area contributed by atoms with Crippen molar-refractivity contribution in [3.63, 3.8) is 0 Å². The fraction of sp³-hybridized carbons (Fsp3) is 0.355. The van der Waals surface area contributed by atoms with Gasteiger partial charge in [0.2, 0.25) is 11.5 Å². The number of hydrogen-bond donors (Lipinski definition) is 5. The number of β-lactam (4-membered cyclic amide) rings is 1. The third-order valence-corrected chi connectivity index (χ3v) is 10.6. The molecule has 2 aromatic heterocycles. The van der Waals surface area contributed by atoms with Crippen molar-refractivity contribution in [1.82, 2.24) is 14.6 Å². The molecular weight excluding hydrogens is 675 g/mol. The second-order valence-electron chi connectivity index (χ2n) is 12.2. The van der Waals surface area contributed by atoms with Gasteiger partial charge in [-0.3, -0.25) is 19.9 Å². The third-order valence-electron chi connectivity index (χ3n) is 8.54. The van der Waals surface area contributed by atoms with Crippen molar-refractivity contribution in [1.29, 1.82) is 5.41 Å². The zero-order valence-corrected chi connectivity index (χ0v) is 28.2. The first-order chi connectivity index (χ1) is 23.2. The zero-order valence-electron chi connectivity index (χ0n) is 26.5. The molecule has 3 aliphatic heterocycles. The smallest absolute Gasteiger partial charge is 0.352 e. The summed E-state index contributed by atoms with van der Waals surface area (Å²) in [4.78, 5) is 63.8. The number of carboxylic acid groups (broad SMARTS) is 2. The fourth-order valence-corrected chi connectivity index (χ4v) is 7.82. The van der Waals surface area contributed by atoms with Crippen molar-refractivity contribution in [2.45, 2.75) is 50.9 Å². The van der Waals surface area contributed by atoms with Crippen LogP contribution in [0, 0.1) is 11.3 Å². The first-order valence-electron chi connectivity index (χ1n) is 15.2. The molecule has 1 amide bonds. The molecule has 6 rings (SSSR count). The molecule has 3 aliphatic rings. The van der Waals surface area contributed by atoms with Crippen LogP contribution in [0.15, 0.2) is 58.3 Å². The van der Waals surface area contributed by atoms with Gasteiger partial charge in [-0.25, -0.2) is 14.6 Å². The number of carboxylic acids is 2. The van der Waals surface area contributed by atoms with Crippen LogP contribution in [0.3, 0.4) is 0 Å². The molecule has 1 fully saturated rings. The Labute approximate surface area is 288 Å². The van der Waals surface area contributed by atoms with E-state index >= 15 is 0 Å². The van der Waals surface area contributed by atoms with Gasteiger partial charge in [-0.15, -0.1) is 32.5 Å². The van der Waals surface area contributed by atoms with Crippen LogP contribution in [0.4, 0.5) is 10.9 Å². The number of thiazole rings is 1. The Bertz CT molecular complexity index is 1930. The molecule has 2 atom stereocenters. The van der Waals surface area contributed by atoms with Gasteiger partial charge < -0.3 is 31.4 Å². The summed E-state index contributed by atoms with van der Waals surface area (Å²) in [5.41, 5.74) is 11.6. The van der Waals surface area contributed by atoms with Gasteiger partial charge in [0.05, 0.1) is 23.9 Å². The number of ketones is 1. The number of thioether (sulfide) groups is 1. The number of amides is 1. The number of aromatic nitrogens is 3. The maximum absolute atomic E-state index is 13.5. The number of aliphatic carboxylic acids is 2. The first kappa shape index (κ1) is 33.7. The van der Waals surface area contributed by atoms with Crippen molar-refractivity contribution in [2.24, 2.45) is 16.8 Å². The summed E-state index contributed by atoms with van der Waals surface area (Å²) in [6.07, 6.45) is 1.58. The van der Waals surface area contributed by atoms with E-state index in [-0.39, 0.29) is 41.0 Å². The van der Waals surface area contributed by atoms with Gasteiger partial charge in [-0.2, -0.15) is 0 Å². The number of oxime groups is 1. The maximum Gasteiger partial charge on any atom is 0.352 e. The number of benzene rings is 1. The Morgan fingerprint density at radius 1 is 1.18 bits per heavy atom. The SMILES string of the molecule is CC(C)(O/N=C(\C(=O)C[C@@H]1C(=O)N2C(C(=O)O)=C(C[n+]3ccc4n3CCN4Cc3ccc(C(=N)N)cc3)CS[C@H]12)c1csc(N)n1)C(=O)O. The molecule has 1 saturated heterocycles. The number of rotatable bonds is 13. The maximum atomic E-state index is 13.5. The molecule has 0 saturated carbocycles. The molecular formula is C31H34N9O7S2+. The minimum Gasteiger partial charge on any atom is -0.478 e. The fourth-order valence-electron chi connectivity index (χ4n) is 5.87. The monoisotopic (exact) mass is 708 g/mol. The molecule has 256 valence electrons. The standard InChI is InChI=1S/C31H33N9O7S2/c1-31(2,29(45)46)47-36-23(20-15-49-30(34)35-20)21(41)11-19-26(42)40-24(28(43)44)18(14-48-27(19)40)13-38-8-7-22-37(9-10-39(22)38)12-16-3-5-17(6-4-16)25(32)33/h3-8,15,19,27H,9-14H2,1-2H3,(H6-,32,33,34,35,43,44,45,46)/p+1/b36-23-/t19-,27-/m1/s1. The van der Waals surface area contributed by atoms with Crippen LogP contribution in [-0.2, 0) is 43.7 Å². The highest BCUT2D eigenvalue weighted by Gasteiger charge is 2.54. The van der Waals surface area contributed by atoms with E-state index in [4.69, 9.17) is 21.7 Å². The Hall–Kier alpha value is -5.23. The Morgan fingerprint density at radius 2 is 1.92 bits per heavy atom. The Balaban J connectivity index is 1.17. The molecule has 5 heterocycles. The van der Waals surface area contributed by atoms with Crippen molar-refractivity contribution >= 4 is 69.2 Å². The van der Waals surface area contributed by atoms with Gasteiger partial charge in [0.25, 0.3) is 0 Å². The molecule has 18 heteroatoms. The number of hydrogen-bond acceptors (Lipinski definition) is 12. The van der Waals surface area contributed by atoms with Crippen LogP contribution in [0.1, 0.15) is 37.1 Å². The molecule has 1 aromatic carbocycles. The molecule has 0 spiro atoms. The number of nitrogens with zero attached hydrogens (tertiary/aromatic N) is 6. The number of carbonyl (C=O) groups excluding carboxylic acids is 2. The van der Waals surface area contributed by atoms with Crippen LogP contribution < -0.4 is 21.0 Å². The number of nitrogens with two attached hydrogens (primary N) is 2. The molecule has 0 aliphatic carbocycles. The van der Waals surface area contributed by atoms with Crippen LogP contribution in [0.25, 0.3) is 0 Å². The quantitative estimate of drug-likeness (QED) is 0.0555. The highest BCUT2D eigenvalue weighted by molar-refractivity contribution is 8.00. The van der Waals surface area contributed by atoms with Crippen molar-refractivity contribution in [3.8, 4) is 0 Å². The minimum atomic E-state index is -1.74. The van der Waals surface area contributed by atoms with Crippen LogP contribution in [-0.4, -0.2) is 83.2 Å². The summed E-state index contributed by atoms with van der Waals surface area (Å²) in [6.45, 7) is 4.89. The van der Waals surface area contributed by atoms with E-state index in [1.54, 1.807) is 0 Å². The Kier molecular flexibility index (Phi) is 8.93. The average molecular weight is 709 g/mol. The number of Topliss-reactive ketones (excluding diaryl/α,β-unsaturated/α-hetero) is 1. The lowest BCUT2D eigenvalue weighted by atomic mass is 9.89. The van der Waals surface area contributed by atoms with Crippen LogP contribution in [0.2, 0.25) is 0 Å². The summed E-state index contributed by atoms with van der Waals surface area (Å²) >= 11 is 2.44. The number of anilines is 2. The van der Waals surface area contributed by atoms with Crippen molar-refractivity contribution < 1.29 is 38.9 Å². The van der Waals surface area contributed by atoms with Gasteiger partial charge in [0.1, 0.15) is 17.2 Å². The summed E-state index contributed by atoms with van der Waals surface area (Å²) < 4.78 is 4.02. The largest absolute Gasteiger partial charge is 0.478 e. The zero-order chi connectivity index (χ0) is 35.2. The van der Waals surface area contributed by atoms with Gasteiger partial charge in [-0.05, 0) is 19.4 Å². The lowest BCUT2D eigenvalue weighted by Crippen LogP contribution is -2.62. The molecule has 0 bridgehead atoms. The van der Waals surface area contributed by atoms with E-state index < -0.39 is 40.5 Å². The van der Waals surface area contributed by atoms with Crippen molar-refractivity contribution in [3.05, 3.63) is 70.0 Å². The predicted molar refractivity (Wildman–Crippen MR) is 180 cm³/mol. The number of carbonyl (C=O) groups is 4. The van der Waals surface area contributed by atoms with E-state index in [2.05, 4.69) is 19.7 Å². The topological polar surface area (TPSA) is 234 Å². The van der Waals surface area contributed by atoms with E-state index in [1.165, 1.54) is 35.9 Å². The van der Waals surface area contributed by atoms with E-state index in [1.807, 2.05) is 41.2 Å². The first-order valence-corrected chi connectivity index (χ1v) is 17.1. The number of nitrogen functional groups attached to an aromatic ring is 2. The highest BCUT2D eigenvalue weighted by atomic mass is 32.2. The van der Waals surface area contributed by atoms with Gasteiger partial charge >= 0.3 is 11.9 Å². The van der Waals surface area contributed by atoms with E-state index in [9.17, 15) is 29.4 Å². The minimum absolute atomic E-state index is 0.0132. The second kappa shape index (κ2) is 13.0. The summed E-state index contributed by atoms with van der Waals surface area (Å²) in [6, 6.07) is 9.50. The van der Waals surface area contributed by atoms with Gasteiger partial charge in [0.15, 0.2) is 35.2 Å². The number of fused-ring (bicyclic) bond motifs is 2. The van der Waals surface area contributed by atoms with Crippen LogP contribution in [0.5, 0.6) is 0 Å². The predicted octanol–water partition coefficient (Wildman–Crippen LogP) is 1.23. The van der Waals surface area contributed by atoms with Gasteiger partial charge in [-0.1, -0.05) is 29.4 Å². The number of nitrogens with one attached hydrogen (secondary N) is 1. The Morgan fingerprint density at radius 3 is 2.55 bits per heavy atom. The lowest BCUT2D eigenvalue weighted by Gasteiger charge is -2.49. The second-order valence-corrected chi connectivity index (χ2v) is 14.2. The summed E-state index contributed by atoms with van der Waals surface area (Å²) in [5.74, 6) is -3.15. The van der Waals surface area contributed by atoms with Crippen LogP contribution >= 0.6 is 23.1 Å². The van der Waals surface area contributed by atoms with Crippen molar-refractivity contribution in [2.75, 3.05) is 22.9 Å². The highest BCUT2D eigenvalue weighted by Crippen LogP contribution is 2.45. The average Bonchev–Trinajstić information content (AvgIpc) is 3.78. The molecule has 0 unspecified atom stereocenters. The molecule has 7 N–H and O–H groups in total. The molecule has 3 aromatic rings. The summed E-state index contributed by atoms with van der Waals surface area (Å²) in [7, 11) is 0. The van der Waals surface area contributed by atoms with E-state index in [0.29, 0.717) is 30.0 Å².